The van der Waals surface area contributed by atoms with Crippen LogP contribution in [0.3, 0.4) is 0 Å². The molecule has 0 amide bonds. The molecule has 5 rings (SSSR count). The Morgan fingerprint density at radius 2 is 2.32 bits per heavy atom. The summed E-state index contributed by atoms with van der Waals surface area (Å²) in [6.45, 7) is 2.11. The first kappa shape index (κ1) is 19.6. The minimum Gasteiger partial charge on any atom is -0.477 e. The van der Waals surface area contributed by atoms with E-state index >= 15 is 4.39 Å². The Balaban J connectivity index is 1.53. The average Bonchev–Trinajstić information content (AvgIpc) is 3.42. The van der Waals surface area contributed by atoms with E-state index < -0.39 is 22.8 Å². The minimum absolute atomic E-state index is 0.0103. The monoisotopic (exact) mass is 445 g/mol. The van der Waals surface area contributed by atoms with E-state index in [1.54, 1.807) is 22.9 Å². The van der Waals surface area contributed by atoms with Crippen molar-refractivity contribution in [1.29, 1.82) is 0 Å². The molecule has 4 heterocycles. The molecule has 31 heavy (non-hydrogen) atoms. The number of pyridine rings is 1. The number of nitrogens with one attached hydrogen (secondary N) is 1. The molecule has 1 aromatic carbocycles. The molecular formula is C20H20FN5O4S. The van der Waals surface area contributed by atoms with Gasteiger partial charge in [0.2, 0.25) is 5.43 Å². The van der Waals surface area contributed by atoms with Crippen molar-refractivity contribution < 1.29 is 19.0 Å². The SMILES string of the molecule is CN1COc2c(N3CCC(CNc4nccs4)C3)c(F)cc3c(=O)c(C(=O)O)cn1c23. The van der Waals surface area contributed by atoms with E-state index in [9.17, 15) is 14.7 Å². The average molecular weight is 445 g/mol. The lowest BCUT2D eigenvalue weighted by atomic mass is 10.1. The molecule has 2 aliphatic rings. The van der Waals surface area contributed by atoms with Crippen molar-refractivity contribution in [2.45, 2.75) is 6.42 Å². The van der Waals surface area contributed by atoms with Crippen molar-refractivity contribution in [3.8, 4) is 5.75 Å². The number of hydrogen-bond acceptors (Lipinski definition) is 8. The van der Waals surface area contributed by atoms with Crippen LogP contribution < -0.4 is 25.4 Å². The molecule has 1 unspecified atom stereocenters. The first-order valence-corrected chi connectivity index (χ1v) is 10.7. The quantitative estimate of drug-likeness (QED) is 0.616. The maximum atomic E-state index is 15.3. The zero-order valence-corrected chi connectivity index (χ0v) is 17.5. The maximum Gasteiger partial charge on any atom is 0.341 e. The summed E-state index contributed by atoms with van der Waals surface area (Å²) in [5, 5.41) is 17.1. The Labute approximate surface area is 180 Å². The standard InChI is InChI=1S/C20H20FN5O4S/c1-24-10-30-18-15-12(17(27)13(19(28)29)9-26(15)24)6-14(21)16(18)25-4-2-11(8-25)7-23-20-22-3-5-31-20/h3,5-6,9,11H,2,4,7-8,10H2,1H3,(H,22,23)(H,28,29). The minimum atomic E-state index is -1.35. The molecule has 9 nitrogen and oxygen atoms in total. The molecule has 2 N–H and O–H groups in total. The highest BCUT2D eigenvalue weighted by molar-refractivity contribution is 7.13. The first-order valence-electron chi connectivity index (χ1n) is 9.81. The zero-order valence-electron chi connectivity index (χ0n) is 16.7. The summed E-state index contributed by atoms with van der Waals surface area (Å²) in [5.41, 5.74) is -0.441. The first-order chi connectivity index (χ1) is 14.9. The Hall–Kier alpha value is -3.34. The number of carboxylic acids is 1. The van der Waals surface area contributed by atoms with Crippen LogP contribution in [0.1, 0.15) is 16.8 Å². The maximum absolute atomic E-state index is 15.3. The van der Waals surface area contributed by atoms with Crippen LogP contribution in [0.2, 0.25) is 0 Å². The molecular weight excluding hydrogens is 425 g/mol. The molecule has 0 bridgehead atoms. The number of aromatic carboxylic acids is 1. The lowest BCUT2D eigenvalue weighted by Crippen LogP contribution is -2.40. The van der Waals surface area contributed by atoms with Gasteiger partial charge in [-0.3, -0.25) is 14.5 Å². The van der Waals surface area contributed by atoms with E-state index in [0.29, 0.717) is 30.2 Å². The van der Waals surface area contributed by atoms with E-state index in [0.717, 1.165) is 24.2 Å². The Morgan fingerprint density at radius 3 is 3.06 bits per heavy atom. The predicted octanol–water partition coefficient (Wildman–Crippen LogP) is 2.15. The molecule has 162 valence electrons. The number of benzene rings is 1. The second-order valence-corrected chi connectivity index (χ2v) is 8.60. The van der Waals surface area contributed by atoms with E-state index in [1.807, 2.05) is 10.3 Å². The number of carbonyl (C=O) groups is 1. The Kier molecular flexibility index (Phi) is 4.69. The number of thiazole rings is 1. The molecule has 0 radical (unpaired) electrons. The molecule has 0 aliphatic carbocycles. The van der Waals surface area contributed by atoms with Gasteiger partial charge in [0.25, 0.3) is 0 Å². The van der Waals surface area contributed by atoms with Gasteiger partial charge >= 0.3 is 5.97 Å². The summed E-state index contributed by atoms with van der Waals surface area (Å²) in [5.74, 6) is -1.37. The Morgan fingerprint density at radius 1 is 1.48 bits per heavy atom. The van der Waals surface area contributed by atoms with Crippen molar-refractivity contribution in [3.05, 3.63) is 45.4 Å². The third-order valence-corrected chi connectivity index (χ3v) is 6.45. The van der Waals surface area contributed by atoms with Crippen LogP contribution in [0.15, 0.2) is 28.6 Å². The fourth-order valence-electron chi connectivity index (χ4n) is 4.22. The third kappa shape index (κ3) is 3.25. The van der Waals surface area contributed by atoms with Gasteiger partial charge in [0.05, 0.1) is 5.39 Å². The van der Waals surface area contributed by atoms with Crippen LogP contribution in [0.4, 0.5) is 15.2 Å². The fraction of sp³-hybridized carbons (Fsp3) is 0.350. The van der Waals surface area contributed by atoms with Crippen LogP contribution in [0, 0.1) is 11.7 Å². The van der Waals surface area contributed by atoms with E-state index in [4.69, 9.17) is 4.74 Å². The Bertz CT molecular complexity index is 1230. The van der Waals surface area contributed by atoms with Gasteiger partial charge in [0.1, 0.15) is 16.8 Å². The van der Waals surface area contributed by atoms with Crippen LogP contribution in [0.5, 0.6) is 5.75 Å². The van der Waals surface area contributed by atoms with Crippen LogP contribution >= 0.6 is 11.3 Å². The van der Waals surface area contributed by atoms with E-state index in [1.165, 1.54) is 17.5 Å². The molecule has 1 atom stereocenters. The van der Waals surface area contributed by atoms with Crippen molar-refractivity contribution in [1.82, 2.24) is 9.66 Å². The van der Waals surface area contributed by atoms with Crippen molar-refractivity contribution >= 4 is 39.0 Å². The van der Waals surface area contributed by atoms with Crippen LogP contribution in [-0.2, 0) is 0 Å². The lowest BCUT2D eigenvalue weighted by Gasteiger charge is -2.33. The molecule has 2 aromatic heterocycles. The highest BCUT2D eigenvalue weighted by atomic mass is 32.1. The van der Waals surface area contributed by atoms with Gasteiger partial charge in [0, 0.05) is 44.5 Å². The summed E-state index contributed by atoms with van der Waals surface area (Å²) >= 11 is 1.53. The fourth-order valence-corrected chi connectivity index (χ4v) is 4.75. The number of rotatable bonds is 5. The van der Waals surface area contributed by atoms with Gasteiger partial charge in [-0.25, -0.2) is 14.2 Å². The van der Waals surface area contributed by atoms with E-state index in [-0.39, 0.29) is 17.9 Å². The zero-order chi connectivity index (χ0) is 21.7. The second kappa shape index (κ2) is 7.41. The number of hydrogen-bond donors (Lipinski definition) is 2. The number of carboxylic acid groups (broad SMARTS) is 1. The topological polar surface area (TPSA) is 99.9 Å². The van der Waals surface area contributed by atoms with Gasteiger partial charge in [-0.2, -0.15) is 0 Å². The van der Waals surface area contributed by atoms with Gasteiger partial charge in [-0.15, -0.1) is 11.3 Å². The smallest absolute Gasteiger partial charge is 0.341 e. The largest absolute Gasteiger partial charge is 0.477 e. The second-order valence-electron chi connectivity index (χ2n) is 7.70. The third-order valence-electron chi connectivity index (χ3n) is 5.72. The van der Waals surface area contributed by atoms with Crippen LogP contribution in [0.25, 0.3) is 10.9 Å². The summed E-state index contributed by atoms with van der Waals surface area (Å²) in [6, 6.07) is 1.13. The molecule has 3 aromatic rings. The van der Waals surface area contributed by atoms with Crippen molar-refractivity contribution in [2.24, 2.45) is 5.92 Å². The molecule has 1 saturated heterocycles. The number of aromatic nitrogens is 2. The van der Waals surface area contributed by atoms with Gasteiger partial charge in [-0.05, 0) is 18.4 Å². The molecule has 11 heteroatoms. The summed E-state index contributed by atoms with van der Waals surface area (Å²) in [6.07, 6.45) is 3.89. The lowest BCUT2D eigenvalue weighted by molar-refractivity contribution is 0.0694. The molecule has 1 fully saturated rings. The number of nitrogens with zero attached hydrogens (tertiary/aromatic N) is 4. The summed E-state index contributed by atoms with van der Waals surface area (Å²) in [4.78, 5) is 30.4. The highest BCUT2D eigenvalue weighted by Gasteiger charge is 2.32. The number of halogens is 1. The van der Waals surface area contributed by atoms with E-state index in [2.05, 4.69) is 10.3 Å². The van der Waals surface area contributed by atoms with Gasteiger partial charge in [-0.1, -0.05) is 0 Å². The summed E-state index contributed by atoms with van der Waals surface area (Å²) in [7, 11) is 1.71. The highest BCUT2D eigenvalue weighted by Crippen LogP contribution is 2.41. The summed E-state index contributed by atoms with van der Waals surface area (Å²) < 4.78 is 22.7. The predicted molar refractivity (Wildman–Crippen MR) is 116 cm³/mol. The molecule has 0 spiro atoms. The van der Waals surface area contributed by atoms with Crippen molar-refractivity contribution in [3.63, 3.8) is 0 Å². The van der Waals surface area contributed by atoms with Gasteiger partial charge < -0.3 is 20.1 Å². The molecule has 2 aliphatic heterocycles. The number of ether oxygens (including phenoxy) is 1. The normalized spacial score (nSPS) is 17.8. The molecule has 0 saturated carbocycles. The van der Waals surface area contributed by atoms with Crippen molar-refractivity contribution in [2.75, 3.05) is 48.6 Å². The van der Waals surface area contributed by atoms with Crippen LogP contribution in [-0.4, -0.2) is 54.1 Å². The van der Waals surface area contributed by atoms with Gasteiger partial charge in [0.15, 0.2) is 23.4 Å². The number of anilines is 2.